The Kier molecular flexibility index (Phi) is 10.5. The standard InChI is InChI=1S/C54H47N5O/c1-4-5-11-20-39(2)57(42-23-14-8-15-24-42)46-32-35-51-48(38-46)47-33-30-45(58(43-25-16-9-17-26-43)44-27-18-10-19-28-44)31-34-50(47)59(51)56(3)54-53(55)49-37-41(29-36-52(49)60-54)40-21-12-6-7-13-22-40/h4-6,8-39,45H,55H2,1-3H3/b5-4-,20-11-. The van der Waals surface area contributed by atoms with Gasteiger partial charge in [-0.1, -0.05) is 115 Å². The number of hydrogen-bond acceptors (Lipinski definition) is 5. The van der Waals surface area contributed by atoms with E-state index < -0.39 is 0 Å². The smallest absolute Gasteiger partial charge is 0.238 e. The molecule has 0 spiro atoms. The first kappa shape index (κ1) is 37.9. The molecule has 2 aromatic heterocycles. The van der Waals surface area contributed by atoms with Crippen molar-refractivity contribution in [3.8, 4) is 0 Å². The summed E-state index contributed by atoms with van der Waals surface area (Å²) >= 11 is 0. The van der Waals surface area contributed by atoms with E-state index in [-0.39, 0.29) is 12.1 Å². The highest BCUT2D eigenvalue weighted by atomic mass is 16.4. The van der Waals surface area contributed by atoms with Gasteiger partial charge in [0.2, 0.25) is 5.88 Å². The second-order valence-corrected chi connectivity index (χ2v) is 15.0. The summed E-state index contributed by atoms with van der Waals surface area (Å²) in [6.07, 6.45) is 27.6. The molecule has 9 rings (SSSR count). The maximum absolute atomic E-state index is 7.06. The quantitative estimate of drug-likeness (QED) is 0.105. The molecule has 2 unspecified atom stereocenters. The van der Waals surface area contributed by atoms with Gasteiger partial charge in [0.25, 0.3) is 0 Å². The van der Waals surface area contributed by atoms with E-state index in [1.165, 1.54) is 0 Å². The monoisotopic (exact) mass is 781 g/mol. The molecule has 0 aliphatic heterocycles. The van der Waals surface area contributed by atoms with E-state index in [9.17, 15) is 0 Å². The van der Waals surface area contributed by atoms with Crippen LogP contribution < -0.4 is 20.5 Å². The number of nitrogen functional groups attached to an aromatic ring is 1. The van der Waals surface area contributed by atoms with Crippen LogP contribution in [0.5, 0.6) is 0 Å². The molecule has 0 saturated heterocycles. The summed E-state index contributed by atoms with van der Waals surface area (Å²) in [4.78, 5) is 4.76. The molecule has 0 saturated carbocycles. The molecule has 5 aromatic carbocycles. The van der Waals surface area contributed by atoms with Crippen molar-refractivity contribution in [3.05, 3.63) is 217 Å². The van der Waals surface area contributed by atoms with Gasteiger partial charge in [-0.25, -0.2) is 0 Å². The summed E-state index contributed by atoms with van der Waals surface area (Å²) in [6.45, 7) is 4.27. The van der Waals surface area contributed by atoms with Crippen LogP contribution in [0.4, 0.5) is 34.3 Å². The Balaban J connectivity index is 1.21. The summed E-state index contributed by atoms with van der Waals surface area (Å²) < 4.78 is 8.87. The Morgan fingerprint density at radius 3 is 2.15 bits per heavy atom. The molecule has 0 fully saturated rings. The average Bonchev–Trinajstić information content (AvgIpc) is 3.49. The normalized spacial score (nSPS) is 15.1. The van der Waals surface area contributed by atoms with Crippen LogP contribution >= 0.6 is 0 Å². The number of allylic oxidation sites excluding steroid dienone is 8. The van der Waals surface area contributed by atoms with Crippen LogP contribution in [0.3, 0.4) is 0 Å². The first-order chi connectivity index (χ1) is 29.5. The number of rotatable bonds is 11. The predicted molar refractivity (Wildman–Crippen MR) is 255 cm³/mol. The molecule has 60 heavy (non-hydrogen) atoms. The molecule has 0 bridgehead atoms. The van der Waals surface area contributed by atoms with Gasteiger partial charge in [0.05, 0.1) is 17.3 Å². The fourth-order valence-corrected chi connectivity index (χ4v) is 8.30. The van der Waals surface area contributed by atoms with E-state index in [0.29, 0.717) is 11.6 Å². The first-order valence-corrected chi connectivity index (χ1v) is 20.4. The Morgan fingerprint density at radius 1 is 0.733 bits per heavy atom. The summed E-state index contributed by atoms with van der Waals surface area (Å²) in [5.74, 6) is 0.569. The van der Waals surface area contributed by atoms with Gasteiger partial charge in [-0.2, -0.15) is 0 Å². The van der Waals surface area contributed by atoms with Crippen LogP contribution in [0, 0.1) is 0 Å². The van der Waals surface area contributed by atoms with E-state index in [1.807, 2.05) is 38.3 Å². The maximum atomic E-state index is 7.06. The molecule has 2 aliphatic carbocycles. The fourth-order valence-electron chi connectivity index (χ4n) is 8.30. The van der Waals surface area contributed by atoms with Crippen molar-refractivity contribution in [1.82, 2.24) is 4.68 Å². The third-order valence-corrected chi connectivity index (χ3v) is 11.2. The van der Waals surface area contributed by atoms with Crippen LogP contribution in [0.2, 0.25) is 0 Å². The highest BCUT2D eigenvalue weighted by Gasteiger charge is 2.27. The summed E-state index contributed by atoms with van der Waals surface area (Å²) in [5.41, 5.74) is 21.2. The Hall–Kier alpha value is -7.66. The lowest BCUT2D eigenvalue weighted by atomic mass is 10.0. The number of anilines is 6. The maximum Gasteiger partial charge on any atom is 0.238 e. The Morgan fingerprint density at radius 2 is 1.43 bits per heavy atom. The molecule has 2 N–H and O–H groups in total. The molecule has 294 valence electrons. The number of hydrogen-bond donors (Lipinski definition) is 1. The van der Waals surface area contributed by atoms with Gasteiger partial charge < -0.3 is 20.0 Å². The predicted octanol–water partition coefficient (Wildman–Crippen LogP) is 13.4. The molecule has 0 radical (unpaired) electrons. The molecule has 0 amide bonds. The van der Waals surface area contributed by atoms with Crippen LogP contribution in [-0.4, -0.2) is 23.8 Å². The van der Waals surface area contributed by atoms with Crippen molar-refractivity contribution in [2.75, 3.05) is 27.6 Å². The number of para-hydroxylation sites is 3. The summed E-state index contributed by atoms with van der Waals surface area (Å²) in [5, 5.41) is 4.03. The van der Waals surface area contributed by atoms with Crippen LogP contribution in [-0.2, 0) is 0 Å². The lowest BCUT2D eigenvalue weighted by Gasteiger charge is -2.30. The molecular weight excluding hydrogens is 735 g/mol. The van der Waals surface area contributed by atoms with Crippen molar-refractivity contribution in [2.24, 2.45) is 0 Å². The minimum absolute atomic E-state index is 0.0753. The second-order valence-electron chi connectivity index (χ2n) is 15.0. The highest BCUT2D eigenvalue weighted by Crippen LogP contribution is 2.42. The molecule has 6 nitrogen and oxygen atoms in total. The number of aromatic nitrogens is 1. The van der Waals surface area contributed by atoms with Crippen LogP contribution in [0.25, 0.3) is 39.6 Å². The minimum atomic E-state index is -0.0798. The van der Waals surface area contributed by atoms with E-state index in [2.05, 4.69) is 214 Å². The van der Waals surface area contributed by atoms with E-state index in [4.69, 9.17) is 10.2 Å². The van der Waals surface area contributed by atoms with E-state index >= 15 is 0 Å². The van der Waals surface area contributed by atoms with Crippen molar-refractivity contribution in [3.63, 3.8) is 0 Å². The van der Waals surface area contributed by atoms with Crippen molar-refractivity contribution in [2.45, 2.75) is 25.9 Å². The number of fused-ring (bicyclic) bond motifs is 4. The van der Waals surface area contributed by atoms with Gasteiger partial charge in [0.1, 0.15) is 11.3 Å². The number of benzene rings is 5. The highest BCUT2D eigenvalue weighted by molar-refractivity contribution is 6.01. The molecule has 7 aromatic rings. The average molecular weight is 782 g/mol. The third-order valence-electron chi connectivity index (χ3n) is 11.2. The van der Waals surface area contributed by atoms with Gasteiger partial charge >= 0.3 is 0 Å². The van der Waals surface area contributed by atoms with Gasteiger partial charge in [-0.05, 0) is 116 Å². The van der Waals surface area contributed by atoms with Gasteiger partial charge in [-0.3, -0.25) is 9.69 Å². The van der Waals surface area contributed by atoms with Gasteiger partial charge in [0.15, 0.2) is 0 Å². The van der Waals surface area contributed by atoms with Crippen molar-refractivity contribution in [1.29, 1.82) is 0 Å². The molecule has 6 heteroatoms. The van der Waals surface area contributed by atoms with E-state index in [0.717, 1.165) is 67.0 Å². The van der Waals surface area contributed by atoms with Crippen molar-refractivity contribution >= 4 is 73.9 Å². The lowest BCUT2D eigenvalue weighted by molar-refractivity contribution is 0.579. The second kappa shape index (κ2) is 16.7. The third kappa shape index (κ3) is 7.21. The van der Waals surface area contributed by atoms with E-state index in [1.54, 1.807) is 0 Å². The molecular formula is C54H47N5O. The number of nitrogens with zero attached hydrogens (tertiary/aromatic N) is 4. The minimum Gasteiger partial charge on any atom is -0.437 e. The van der Waals surface area contributed by atoms with Crippen LogP contribution in [0.1, 0.15) is 30.7 Å². The first-order valence-electron chi connectivity index (χ1n) is 20.4. The zero-order valence-corrected chi connectivity index (χ0v) is 34.1. The molecule has 2 aliphatic rings. The number of furan rings is 1. The topological polar surface area (TPSA) is 53.8 Å². The number of nitrogens with two attached hydrogens (primary N) is 1. The summed E-state index contributed by atoms with van der Waals surface area (Å²) in [7, 11) is 2.03. The lowest BCUT2D eigenvalue weighted by Crippen LogP contribution is -2.28. The Labute approximate surface area is 352 Å². The Bertz CT molecular complexity index is 2880. The van der Waals surface area contributed by atoms with Crippen molar-refractivity contribution < 1.29 is 4.42 Å². The summed E-state index contributed by atoms with van der Waals surface area (Å²) in [6, 6.07) is 44.7. The SMILES string of the molecule is C/C=C\C=C/C(C)N(c1ccccc1)c1ccc2c(c1)c1c(n2N(C)c2oc3ccc(C4=CC=C=CC=C4)cc3c2N)C=CC(N(c2ccccc2)c2ccccc2)C=C1. The molecule has 2 heterocycles. The largest absolute Gasteiger partial charge is 0.437 e. The van der Waals surface area contributed by atoms with Gasteiger partial charge in [-0.15, -0.1) is 5.73 Å². The van der Waals surface area contributed by atoms with Gasteiger partial charge in [0, 0.05) is 52.2 Å². The zero-order chi connectivity index (χ0) is 41.0. The fraction of sp³-hybridized carbons (Fsp3) is 0.0926. The zero-order valence-electron chi connectivity index (χ0n) is 34.1. The molecule has 2 atom stereocenters. The van der Waals surface area contributed by atoms with Crippen LogP contribution in [0.15, 0.2) is 204 Å².